The fourth-order valence-electron chi connectivity index (χ4n) is 1.98. The zero-order chi connectivity index (χ0) is 11.9. The van der Waals surface area contributed by atoms with Gasteiger partial charge in [0.15, 0.2) is 0 Å². The molecule has 0 bridgehead atoms. The quantitative estimate of drug-likeness (QED) is 0.715. The number of ether oxygens (including phenoxy) is 1. The zero-order valence-electron chi connectivity index (χ0n) is 10.5. The maximum atomic E-state index is 9.53. The summed E-state index contributed by atoms with van der Waals surface area (Å²) in [6.45, 7) is 5.00. The molecule has 16 heavy (non-hydrogen) atoms. The summed E-state index contributed by atoms with van der Waals surface area (Å²) < 4.78 is 5.36. The van der Waals surface area contributed by atoms with Gasteiger partial charge < -0.3 is 15.2 Å². The van der Waals surface area contributed by atoms with Crippen molar-refractivity contribution >= 4 is 11.8 Å². The second-order valence-electron chi connectivity index (χ2n) is 4.83. The fourth-order valence-corrected chi connectivity index (χ4v) is 2.57. The molecule has 0 saturated carbocycles. The van der Waals surface area contributed by atoms with Crippen LogP contribution in [0.3, 0.4) is 0 Å². The Kier molecular flexibility index (Phi) is 6.73. The topological polar surface area (TPSA) is 41.5 Å². The molecule has 1 saturated heterocycles. The molecular weight excluding hydrogens is 222 g/mol. The van der Waals surface area contributed by atoms with Crippen molar-refractivity contribution in [2.75, 3.05) is 38.4 Å². The van der Waals surface area contributed by atoms with Crippen LogP contribution in [0.1, 0.15) is 26.2 Å². The van der Waals surface area contributed by atoms with E-state index < -0.39 is 0 Å². The number of hydrogen-bond acceptors (Lipinski definition) is 4. The third-order valence-electron chi connectivity index (χ3n) is 3.47. The lowest BCUT2D eigenvalue weighted by Crippen LogP contribution is -2.44. The van der Waals surface area contributed by atoms with Crippen LogP contribution in [-0.2, 0) is 4.74 Å². The molecular formula is C12H25NO2S. The molecule has 0 radical (unpaired) electrons. The van der Waals surface area contributed by atoms with E-state index in [1.165, 1.54) is 12.2 Å². The highest BCUT2D eigenvalue weighted by atomic mass is 32.2. The third kappa shape index (κ3) is 4.62. The van der Waals surface area contributed by atoms with Gasteiger partial charge in [-0.15, -0.1) is 0 Å². The van der Waals surface area contributed by atoms with Crippen molar-refractivity contribution < 1.29 is 9.84 Å². The molecule has 3 nitrogen and oxygen atoms in total. The Balaban J connectivity index is 2.27. The van der Waals surface area contributed by atoms with Crippen LogP contribution in [0.25, 0.3) is 0 Å². The van der Waals surface area contributed by atoms with E-state index in [4.69, 9.17) is 4.74 Å². The summed E-state index contributed by atoms with van der Waals surface area (Å²) in [5, 5.41) is 13.1. The van der Waals surface area contributed by atoms with Crippen LogP contribution < -0.4 is 5.32 Å². The Bertz CT molecular complexity index is 184. The van der Waals surface area contributed by atoms with Crippen LogP contribution in [-0.4, -0.2) is 49.5 Å². The van der Waals surface area contributed by atoms with Gasteiger partial charge in [-0.2, -0.15) is 11.8 Å². The molecule has 1 rings (SSSR count). The van der Waals surface area contributed by atoms with E-state index in [0.717, 1.165) is 32.6 Å². The first-order chi connectivity index (χ1) is 7.72. The molecule has 0 aromatic heterocycles. The van der Waals surface area contributed by atoms with Gasteiger partial charge in [0.25, 0.3) is 0 Å². The number of aliphatic hydroxyl groups is 1. The zero-order valence-corrected chi connectivity index (χ0v) is 11.3. The van der Waals surface area contributed by atoms with Gasteiger partial charge in [-0.3, -0.25) is 0 Å². The van der Waals surface area contributed by atoms with Crippen molar-refractivity contribution in [1.82, 2.24) is 5.32 Å². The minimum atomic E-state index is 0.0614. The smallest absolute Gasteiger partial charge is 0.0501 e. The molecule has 2 N–H and O–H groups in total. The number of aliphatic hydroxyl groups excluding tert-OH is 1. The first-order valence-corrected chi connectivity index (χ1v) is 7.53. The molecule has 1 heterocycles. The average Bonchev–Trinajstić information content (AvgIpc) is 2.35. The van der Waals surface area contributed by atoms with E-state index in [2.05, 4.69) is 18.5 Å². The highest BCUT2D eigenvalue weighted by Crippen LogP contribution is 2.29. The predicted molar refractivity (Wildman–Crippen MR) is 70.0 cm³/mol. The number of thioether (sulfide) groups is 1. The number of hydrogen-bond donors (Lipinski definition) is 2. The van der Waals surface area contributed by atoms with E-state index in [1.54, 1.807) is 0 Å². The molecule has 4 heteroatoms. The highest BCUT2D eigenvalue weighted by Gasteiger charge is 2.31. The molecule has 0 aromatic carbocycles. The molecule has 0 amide bonds. The van der Waals surface area contributed by atoms with E-state index in [1.807, 2.05) is 11.8 Å². The molecule has 1 atom stereocenters. The summed E-state index contributed by atoms with van der Waals surface area (Å²) in [5.74, 6) is 1.20. The van der Waals surface area contributed by atoms with Crippen molar-refractivity contribution in [3.05, 3.63) is 0 Å². The van der Waals surface area contributed by atoms with Gasteiger partial charge in [0.1, 0.15) is 0 Å². The third-order valence-corrected chi connectivity index (χ3v) is 4.11. The monoisotopic (exact) mass is 247 g/mol. The summed E-state index contributed by atoms with van der Waals surface area (Å²) in [7, 11) is 0. The second kappa shape index (κ2) is 7.54. The largest absolute Gasteiger partial charge is 0.396 e. The molecule has 1 unspecified atom stereocenters. The van der Waals surface area contributed by atoms with Crippen LogP contribution in [0.15, 0.2) is 0 Å². The van der Waals surface area contributed by atoms with Gasteiger partial charge in [0.05, 0.1) is 6.61 Å². The maximum absolute atomic E-state index is 9.53. The van der Waals surface area contributed by atoms with Crippen LogP contribution in [0, 0.1) is 5.41 Å². The van der Waals surface area contributed by atoms with Gasteiger partial charge in [0.2, 0.25) is 0 Å². The highest BCUT2D eigenvalue weighted by molar-refractivity contribution is 7.98. The molecule has 1 fully saturated rings. The Hall–Kier alpha value is 0.230. The lowest BCUT2D eigenvalue weighted by Gasteiger charge is -2.36. The molecule has 96 valence electrons. The van der Waals surface area contributed by atoms with Crippen LogP contribution in [0.5, 0.6) is 0 Å². The lowest BCUT2D eigenvalue weighted by atomic mass is 9.81. The molecule has 0 aromatic rings. The summed E-state index contributed by atoms with van der Waals surface area (Å²) in [4.78, 5) is 0. The fraction of sp³-hybridized carbons (Fsp3) is 1.00. The Morgan fingerprint density at radius 2 is 2.12 bits per heavy atom. The molecule has 1 aliphatic heterocycles. The van der Waals surface area contributed by atoms with Crippen molar-refractivity contribution in [2.45, 2.75) is 32.2 Å². The van der Waals surface area contributed by atoms with Crippen molar-refractivity contribution in [2.24, 2.45) is 5.41 Å². The first-order valence-electron chi connectivity index (χ1n) is 6.13. The van der Waals surface area contributed by atoms with Crippen molar-refractivity contribution in [1.29, 1.82) is 0 Å². The second-order valence-corrected chi connectivity index (χ2v) is 5.82. The molecule has 1 aliphatic rings. The van der Waals surface area contributed by atoms with E-state index >= 15 is 0 Å². The standard InChI is InChI=1S/C12H25NO2S/c1-11(3-8-16-2)13-9-12(10-14)4-6-15-7-5-12/h11,13-14H,3-10H2,1-2H3. The Labute approximate surface area is 103 Å². The summed E-state index contributed by atoms with van der Waals surface area (Å²) in [5.41, 5.74) is 0.0614. The number of rotatable bonds is 7. The average molecular weight is 247 g/mol. The summed E-state index contributed by atoms with van der Waals surface area (Å²) in [6.07, 6.45) is 5.29. The van der Waals surface area contributed by atoms with E-state index in [-0.39, 0.29) is 12.0 Å². The van der Waals surface area contributed by atoms with Crippen LogP contribution >= 0.6 is 11.8 Å². The van der Waals surface area contributed by atoms with Crippen LogP contribution in [0.4, 0.5) is 0 Å². The first kappa shape index (κ1) is 14.3. The minimum absolute atomic E-state index is 0.0614. The van der Waals surface area contributed by atoms with Gasteiger partial charge in [0, 0.05) is 31.2 Å². The maximum Gasteiger partial charge on any atom is 0.0501 e. The predicted octanol–water partition coefficient (Wildman–Crippen LogP) is 1.51. The summed E-state index contributed by atoms with van der Waals surface area (Å²) >= 11 is 1.89. The minimum Gasteiger partial charge on any atom is -0.396 e. The van der Waals surface area contributed by atoms with Gasteiger partial charge in [-0.25, -0.2) is 0 Å². The Morgan fingerprint density at radius 1 is 1.44 bits per heavy atom. The van der Waals surface area contributed by atoms with Gasteiger partial charge in [-0.05, 0) is 38.2 Å². The van der Waals surface area contributed by atoms with Crippen molar-refractivity contribution in [3.63, 3.8) is 0 Å². The van der Waals surface area contributed by atoms with Crippen molar-refractivity contribution in [3.8, 4) is 0 Å². The van der Waals surface area contributed by atoms with E-state index in [0.29, 0.717) is 6.04 Å². The molecule has 0 spiro atoms. The van der Waals surface area contributed by atoms with Gasteiger partial charge in [-0.1, -0.05) is 0 Å². The van der Waals surface area contributed by atoms with E-state index in [9.17, 15) is 5.11 Å². The summed E-state index contributed by atoms with van der Waals surface area (Å²) in [6, 6.07) is 0.540. The normalized spacial score (nSPS) is 21.9. The SMILES string of the molecule is CSCCC(C)NCC1(CO)CCOCC1. The molecule has 0 aliphatic carbocycles. The Morgan fingerprint density at radius 3 is 2.69 bits per heavy atom. The van der Waals surface area contributed by atoms with Gasteiger partial charge >= 0.3 is 0 Å². The number of nitrogens with one attached hydrogen (secondary N) is 1. The lowest BCUT2D eigenvalue weighted by molar-refractivity contribution is -0.0163. The van der Waals surface area contributed by atoms with Crippen LogP contribution in [0.2, 0.25) is 0 Å².